The Hall–Kier alpha value is -3.91. The molecule has 192 valence electrons. The summed E-state index contributed by atoms with van der Waals surface area (Å²) in [4.78, 5) is 4.97. The van der Waals surface area contributed by atoms with Crippen LogP contribution in [0.15, 0.2) is 85.2 Å². The molecule has 1 saturated heterocycles. The number of hydrogen-bond acceptors (Lipinski definition) is 6. The van der Waals surface area contributed by atoms with Crippen molar-refractivity contribution in [1.29, 1.82) is 0 Å². The summed E-state index contributed by atoms with van der Waals surface area (Å²) in [6.45, 7) is 6.74. The molecular weight excluding hydrogens is 464 g/mol. The quantitative estimate of drug-likeness (QED) is 0.232. The Balaban J connectivity index is 0.991. The SMILES string of the molecule is COc1ccccc1N1CCN(CCCCOc2ccc(C[n+]3cn(-c4ccccc4)nn3)cc2)CC1. The van der Waals surface area contributed by atoms with E-state index >= 15 is 0 Å². The van der Waals surface area contributed by atoms with Crippen LogP contribution in [0.4, 0.5) is 5.69 Å². The maximum absolute atomic E-state index is 5.98. The zero-order chi connectivity index (χ0) is 25.3. The maximum Gasteiger partial charge on any atom is 0.250 e. The topological polar surface area (TPSA) is 59.5 Å². The third-order valence-electron chi connectivity index (χ3n) is 6.72. The first-order chi connectivity index (χ1) is 18.3. The van der Waals surface area contributed by atoms with Crippen LogP contribution < -0.4 is 19.1 Å². The fraction of sp³-hybridized carbons (Fsp3) is 0.345. The molecule has 4 aromatic rings. The lowest BCUT2D eigenvalue weighted by molar-refractivity contribution is -0.747. The van der Waals surface area contributed by atoms with Gasteiger partial charge in [0, 0.05) is 26.2 Å². The van der Waals surface area contributed by atoms with E-state index in [1.54, 1.807) is 11.8 Å². The average Bonchev–Trinajstić information content (AvgIpc) is 3.43. The van der Waals surface area contributed by atoms with Gasteiger partial charge in [0.2, 0.25) is 0 Å². The summed E-state index contributed by atoms with van der Waals surface area (Å²) < 4.78 is 15.1. The Labute approximate surface area is 218 Å². The van der Waals surface area contributed by atoms with Crippen LogP contribution in [0.1, 0.15) is 18.4 Å². The molecule has 1 aromatic heterocycles. The molecule has 0 unspecified atom stereocenters. The van der Waals surface area contributed by atoms with Gasteiger partial charge < -0.3 is 14.4 Å². The van der Waals surface area contributed by atoms with E-state index in [0.717, 1.165) is 74.9 Å². The molecule has 37 heavy (non-hydrogen) atoms. The molecule has 8 nitrogen and oxygen atoms in total. The number of anilines is 1. The number of tetrazole rings is 1. The van der Waals surface area contributed by atoms with E-state index in [2.05, 4.69) is 44.5 Å². The van der Waals surface area contributed by atoms with E-state index in [9.17, 15) is 0 Å². The van der Waals surface area contributed by atoms with Crippen molar-refractivity contribution in [3.63, 3.8) is 0 Å². The van der Waals surface area contributed by atoms with Crippen LogP contribution in [0.25, 0.3) is 5.69 Å². The summed E-state index contributed by atoms with van der Waals surface area (Å²) in [7, 11) is 1.74. The van der Waals surface area contributed by atoms with Crippen molar-refractivity contribution < 1.29 is 14.2 Å². The highest BCUT2D eigenvalue weighted by molar-refractivity contribution is 5.58. The predicted molar refractivity (Wildman–Crippen MR) is 143 cm³/mol. The lowest BCUT2D eigenvalue weighted by atomic mass is 10.2. The first-order valence-electron chi connectivity index (χ1n) is 13.0. The highest BCUT2D eigenvalue weighted by Gasteiger charge is 2.19. The molecule has 1 fully saturated rings. The second-order valence-electron chi connectivity index (χ2n) is 9.27. The first kappa shape index (κ1) is 24.8. The molecule has 1 aliphatic rings. The minimum absolute atomic E-state index is 0.664. The summed E-state index contributed by atoms with van der Waals surface area (Å²) >= 11 is 0. The van der Waals surface area contributed by atoms with Crippen LogP contribution in [-0.4, -0.2) is 66.4 Å². The van der Waals surface area contributed by atoms with Crippen molar-refractivity contribution in [1.82, 2.24) is 20.0 Å². The highest BCUT2D eigenvalue weighted by Crippen LogP contribution is 2.28. The van der Waals surface area contributed by atoms with Gasteiger partial charge in [-0.25, -0.2) is 0 Å². The predicted octanol–water partition coefficient (Wildman–Crippen LogP) is 3.59. The van der Waals surface area contributed by atoms with Gasteiger partial charge in [0.15, 0.2) is 5.21 Å². The molecule has 1 aliphatic heterocycles. The molecule has 2 heterocycles. The molecular formula is C29H35N6O2+. The van der Waals surface area contributed by atoms with Gasteiger partial charge in [-0.2, -0.15) is 0 Å². The minimum Gasteiger partial charge on any atom is -0.495 e. The van der Waals surface area contributed by atoms with E-state index in [-0.39, 0.29) is 0 Å². The fourth-order valence-corrected chi connectivity index (χ4v) is 4.65. The van der Waals surface area contributed by atoms with Gasteiger partial charge in [-0.15, -0.1) is 4.68 Å². The molecule has 0 spiro atoms. The summed E-state index contributed by atoms with van der Waals surface area (Å²) in [5, 5.41) is 8.44. The van der Waals surface area contributed by atoms with Crippen LogP contribution in [0.5, 0.6) is 11.5 Å². The van der Waals surface area contributed by atoms with Crippen LogP contribution in [0.3, 0.4) is 0 Å². The van der Waals surface area contributed by atoms with Gasteiger partial charge in [-0.3, -0.25) is 4.90 Å². The van der Waals surface area contributed by atoms with Crippen molar-refractivity contribution in [2.45, 2.75) is 19.4 Å². The van der Waals surface area contributed by atoms with E-state index in [1.165, 1.54) is 5.69 Å². The smallest absolute Gasteiger partial charge is 0.250 e. The molecule has 0 N–H and O–H groups in total. The molecule has 3 aromatic carbocycles. The Bertz CT molecular complexity index is 1240. The van der Waals surface area contributed by atoms with Gasteiger partial charge in [0.05, 0.1) is 19.4 Å². The van der Waals surface area contributed by atoms with Crippen molar-refractivity contribution in [3.8, 4) is 17.2 Å². The average molecular weight is 500 g/mol. The van der Waals surface area contributed by atoms with Gasteiger partial charge in [0.1, 0.15) is 28.9 Å². The zero-order valence-electron chi connectivity index (χ0n) is 21.4. The summed E-state index contributed by atoms with van der Waals surface area (Å²) in [6, 6.07) is 26.5. The van der Waals surface area contributed by atoms with Crippen LogP contribution in [-0.2, 0) is 6.54 Å². The van der Waals surface area contributed by atoms with E-state index < -0.39 is 0 Å². The Kier molecular flexibility index (Phi) is 8.28. The standard InChI is InChI=1S/C29H35N6O2/c1-36-29-12-6-5-11-28(29)33-20-18-32(19-21-33)17-7-8-22-37-27-15-13-25(14-16-27)23-34-24-35(31-30-34)26-9-3-2-4-10-26/h2-6,9-16,24H,7-8,17-23H2,1H3/q+1. The third-order valence-corrected chi connectivity index (χ3v) is 6.72. The Morgan fingerprint density at radius 2 is 1.59 bits per heavy atom. The van der Waals surface area contributed by atoms with Gasteiger partial charge in [-0.05, 0) is 61.3 Å². The largest absolute Gasteiger partial charge is 0.495 e. The number of aromatic nitrogens is 4. The second kappa shape index (κ2) is 12.4. The first-order valence-corrected chi connectivity index (χ1v) is 13.0. The number of rotatable bonds is 11. The van der Waals surface area contributed by atoms with E-state index in [0.29, 0.717) is 6.54 Å². The number of benzene rings is 3. The second-order valence-corrected chi connectivity index (χ2v) is 9.27. The van der Waals surface area contributed by atoms with Crippen LogP contribution in [0, 0.1) is 0 Å². The molecule has 0 aliphatic carbocycles. The molecule has 5 rings (SSSR count). The van der Waals surface area contributed by atoms with Crippen molar-refractivity contribution >= 4 is 5.69 Å². The summed E-state index contributed by atoms with van der Waals surface area (Å²) in [6.07, 6.45) is 4.09. The van der Waals surface area contributed by atoms with Gasteiger partial charge in [-0.1, -0.05) is 47.1 Å². The number of hydrogen-bond donors (Lipinski definition) is 0. The van der Waals surface area contributed by atoms with Crippen LogP contribution in [0.2, 0.25) is 0 Å². The Morgan fingerprint density at radius 1 is 0.838 bits per heavy atom. The normalized spacial score (nSPS) is 14.0. The van der Waals surface area contributed by atoms with E-state index in [1.807, 2.05) is 65.6 Å². The Morgan fingerprint density at radius 3 is 2.38 bits per heavy atom. The summed E-state index contributed by atoms with van der Waals surface area (Å²) in [5.41, 5.74) is 3.35. The molecule has 0 amide bonds. The fourth-order valence-electron chi connectivity index (χ4n) is 4.65. The maximum atomic E-state index is 5.98. The number of piperazine rings is 1. The van der Waals surface area contributed by atoms with Gasteiger partial charge in [0.25, 0.3) is 6.33 Å². The molecule has 0 bridgehead atoms. The van der Waals surface area contributed by atoms with Gasteiger partial charge >= 0.3 is 0 Å². The van der Waals surface area contributed by atoms with Crippen molar-refractivity contribution in [3.05, 3.63) is 90.8 Å². The summed E-state index contributed by atoms with van der Waals surface area (Å²) in [5.74, 6) is 1.86. The number of nitrogens with zero attached hydrogens (tertiary/aromatic N) is 6. The highest BCUT2D eigenvalue weighted by atomic mass is 16.5. The lowest BCUT2D eigenvalue weighted by Gasteiger charge is -2.36. The minimum atomic E-state index is 0.664. The third kappa shape index (κ3) is 6.65. The zero-order valence-corrected chi connectivity index (χ0v) is 21.4. The van der Waals surface area contributed by atoms with Crippen LogP contribution >= 0.6 is 0 Å². The number of unbranched alkanes of at least 4 members (excludes halogenated alkanes) is 1. The van der Waals surface area contributed by atoms with E-state index in [4.69, 9.17) is 9.47 Å². The monoisotopic (exact) mass is 499 g/mol. The number of methoxy groups -OCH3 is 1. The number of para-hydroxylation sites is 3. The number of ether oxygens (including phenoxy) is 2. The lowest BCUT2D eigenvalue weighted by Crippen LogP contribution is -2.46. The molecule has 0 radical (unpaired) electrons. The molecule has 0 atom stereocenters. The molecule has 8 heteroatoms. The van der Waals surface area contributed by atoms with Crippen molar-refractivity contribution in [2.24, 2.45) is 0 Å². The van der Waals surface area contributed by atoms with Crippen molar-refractivity contribution in [2.75, 3.05) is 51.3 Å². The molecule has 0 saturated carbocycles.